The number of carbonyl (C=O) groups is 1. The van der Waals surface area contributed by atoms with Crippen LogP contribution in [0.15, 0.2) is 58.3 Å². The molecule has 1 atom stereocenters. The van der Waals surface area contributed by atoms with Gasteiger partial charge < -0.3 is 14.4 Å². The Morgan fingerprint density at radius 2 is 1.57 bits per heavy atom. The average molecular weight is 422 g/mol. The van der Waals surface area contributed by atoms with Gasteiger partial charge in [0.05, 0.1) is 4.90 Å². The molecule has 1 saturated heterocycles. The zero-order chi connectivity index (χ0) is 20.3. The molecule has 28 heavy (non-hydrogen) atoms. The Labute approximate surface area is 167 Å². The third-order valence-corrected chi connectivity index (χ3v) is 6.99. The maximum Gasteiger partial charge on any atom is 0.238 e. The van der Waals surface area contributed by atoms with Crippen LogP contribution >= 0.6 is 0 Å². The van der Waals surface area contributed by atoms with Crippen LogP contribution in [0.2, 0.25) is 0 Å². The van der Waals surface area contributed by atoms with Gasteiger partial charge in [-0.05, 0) is 54.4 Å². The molecule has 1 unspecified atom stereocenters. The summed E-state index contributed by atoms with van der Waals surface area (Å²) in [6, 6.07) is 13.0. The van der Waals surface area contributed by atoms with Gasteiger partial charge in [0.15, 0.2) is 9.84 Å². The summed E-state index contributed by atoms with van der Waals surface area (Å²) in [6.45, 7) is 3.80. The van der Waals surface area contributed by atoms with Crippen LogP contribution in [-0.4, -0.2) is 59.9 Å². The molecule has 1 aliphatic heterocycles. The topological polar surface area (TPSA) is 97.8 Å². The van der Waals surface area contributed by atoms with E-state index in [1.807, 2.05) is 11.8 Å². The van der Waals surface area contributed by atoms with E-state index in [9.17, 15) is 22.0 Å². The predicted octanol–water partition coefficient (Wildman–Crippen LogP) is 1.36. The molecule has 0 aliphatic carbocycles. The quantitative estimate of drug-likeness (QED) is 0.676. The van der Waals surface area contributed by atoms with Gasteiger partial charge in [-0.15, -0.1) is 0 Å². The molecule has 2 aromatic carbocycles. The van der Waals surface area contributed by atoms with Crippen LogP contribution in [0.3, 0.4) is 0 Å². The fourth-order valence-electron chi connectivity index (χ4n) is 3.06. The van der Waals surface area contributed by atoms with Crippen molar-refractivity contribution in [1.82, 2.24) is 4.90 Å². The highest BCUT2D eigenvalue weighted by atomic mass is 32.2. The monoisotopic (exact) mass is 421 g/mol. The fraction of sp³-hybridized carbons (Fsp3) is 0.316. The Hall–Kier alpha value is -2.23. The Morgan fingerprint density at radius 3 is 2.11 bits per heavy atom. The molecule has 0 spiro atoms. The first kappa shape index (κ1) is 20.5. The second kappa shape index (κ2) is 8.42. The molecule has 1 amide bonds. The van der Waals surface area contributed by atoms with E-state index in [-0.39, 0.29) is 9.79 Å². The number of hydrogen-bond donors (Lipinski definition) is 0. The molecule has 1 aliphatic rings. The maximum atomic E-state index is 12.5. The molecular weight excluding hydrogens is 400 g/mol. The largest absolute Gasteiger partial charge is 0.768 e. The second-order valence-electron chi connectivity index (χ2n) is 6.67. The third-order valence-electron chi connectivity index (χ3n) is 4.72. The van der Waals surface area contributed by atoms with Crippen LogP contribution in [-0.2, 0) is 25.7 Å². The summed E-state index contributed by atoms with van der Waals surface area (Å²) in [7, 11) is -3.67. The standard InChI is InChI=1S/C19H22N2O5S2/c1-15-2-8-18(9-3-15)28(25,26)14-19(22)21-12-10-20(11-13-21)16-4-6-17(7-5-16)27(23)24/h2-9H,10-14H2,1H3,(H,23,24)/p-1. The maximum absolute atomic E-state index is 12.5. The van der Waals surface area contributed by atoms with Crippen molar-refractivity contribution in [2.75, 3.05) is 36.8 Å². The SMILES string of the molecule is Cc1ccc(S(=O)(=O)CC(=O)N2CCN(c3ccc(S(=O)[O-])cc3)CC2)cc1. The smallest absolute Gasteiger partial charge is 0.238 e. The fourth-order valence-corrected chi connectivity index (χ4v) is 4.65. The van der Waals surface area contributed by atoms with Gasteiger partial charge in [0.1, 0.15) is 5.75 Å². The zero-order valence-corrected chi connectivity index (χ0v) is 17.0. The number of rotatable bonds is 5. The number of carbonyl (C=O) groups excluding carboxylic acids is 1. The van der Waals surface area contributed by atoms with Crippen LogP contribution in [0.25, 0.3) is 0 Å². The van der Waals surface area contributed by atoms with E-state index >= 15 is 0 Å². The van der Waals surface area contributed by atoms with Crippen LogP contribution in [0.1, 0.15) is 5.56 Å². The van der Waals surface area contributed by atoms with Crippen molar-refractivity contribution < 1.29 is 22.0 Å². The molecule has 1 heterocycles. The van der Waals surface area contributed by atoms with Crippen molar-refractivity contribution in [1.29, 1.82) is 0 Å². The number of hydrogen-bond acceptors (Lipinski definition) is 6. The summed E-state index contributed by atoms with van der Waals surface area (Å²) in [5.74, 6) is -0.947. The van der Waals surface area contributed by atoms with E-state index in [1.165, 1.54) is 24.3 Å². The number of amides is 1. The minimum Gasteiger partial charge on any atom is -0.768 e. The highest BCUT2D eigenvalue weighted by Gasteiger charge is 2.26. The van der Waals surface area contributed by atoms with Crippen molar-refractivity contribution in [3.63, 3.8) is 0 Å². The molecule has 1 fully saturated rings. The molecule has 0 N–H and O–H groups in total. The highest BCUT2D eigenvalue weighted by molar-refractivity contribution is 7.92. The van der Waals surface area contributed by atoms with Gasteiger partial charge >= 0.3 is 0 Å². The van der Waals surface area contributed by atoms with Gasteiger partial charge in [-0.3, -0.25) is 9.00 Å². The normalized spacial score (nSPS) is 16.1. The third kappa shape index (κ3) is 4.78. The first-order valence-corrected chi connectivity index (χ1v) is 11.5. The molecule has 2 aromatic rings. The predicted molar refractivity (Wildman–Crippen MR) is 106 cm³/mol. The van der Waals surface area contributed by atoms with Gasteiger partial charge in [0, 0.05) is 36.8 Å². The summed E-state index contributed by atoms with van der Waals surface area (Å²) in [4.78, 5) is 16.4. The second-order valence-corrected chi connectivity index (χ2v) is 9.60. The van der Waals surface area contributed by atoms with E-state index in [2.05, 4.69) is 0 Å². The molecule has 0 bridgehead atoms. The molecule has 3 rings (SSSR count). The number of sulfone groups is 1. The lowest BCUT2D eigenvalue weighted by atomic mass is 10.2. The Kier molecular flexibility index (Phi) is 6.17. The van der Waals surface area contributed by atoms with Crippen LogP contribution in [0.4, 0.5) is 5.69 Å². The summed E-state index contributed by atoms with van der Waals surface area (Å²) < 4.78 is 46.8. The van der Waals surface area contributed by atoms with E-state index < -0.39 is 32.6 Å². The van der Waals surface area contributed by atoms with Crippen molar-refractivity contribution in [2.45, 2.75) is 16.7 Å². The van der Waals surface area contributed by atoms with Crippen LogP contribution in [0.5, 0.6) is 0 Å². The van der Waals surface area contributed by atoms with Gasteiger partial charge in [0.2, 0.25) is 5.91 Å². The van der Waals surface area contributed by atoms with Gasteiger partial charge in [-0.2, -0.15) is 0 Å². The lowest BCUT2D eigenvalue weighted by Crippen LogP contribution is -2.50. The van der Waals surface area contributed by atoms with Crippen LogP contribution in [0, 0.1) is 6.92 Å². The zero-order valence-electron chi connectivity index (χ0n) is 15.4. The number of benzene rings is 2. The van der Waals surface area contributed by atoms with Crippen molar-refractivity contribution in [2.24, 2.45) is 0 Å². The number of nitrogens with zero attached hydrogens (tertiary/aromatic N) is 2. The Bertz CT molecular complexity index is 964. The lowest BCUT2D eigenvalue weighted by molar-refractivity contribution is -0.128. The van der Waals surface area contributed by atoms with Gasteiger partial charge in [-0.1, -0.05) is 17.7 Å². The van der Waals surface area contributed by atoms with E-state index in [1.54, 1.807) is 29.2 Å². The van der Waals surface area contributed by atoms with Crippen molar-refractivity contribution in [3.05, 3.63) is 54.1 Å². The first-order valence-electron chi connectivity index (χ1n) is 8.78. The lowest BCUT2D eigenvalue weighted by Gasteiger charge is -2.36. The first-order chi connectivity index (χ1) is 13.3. The van der Waals surface area contributed by atoms with E-state index in [0.29, 0.717) is 26.2 Å². The highest BCUT2D eigenvalue weighted by Crippen LogP contribution is 2.19. The number of piperazine rings is 1. The molecule has 150 valence electrons. The molecule has 0 saturated carbocycles. The van der Waals surface area contributed by atoms with Crippen molar-refractivity contribution >= 4 is 32.5 Å². The summed E-state index contributed by atoms with van der Waals surface area (Å²) >= 11 is -2.26. The average Bonchev–Trinajstić information content (AvgIpc) is 2.68. The number of aryl methyl sites for hydroxylation is 1. The molecule has 9 heteroatoms. The molecule has 0 radical (unpaired) electrons. The summed E-state index contributed by atoms with van der Waals surface area (Å²) in [5, 5.41) is 0. The minimum atomic E-state index is -3.67. The van der Waals surface area contributed by atoms with E-state index in [0.717, 1.165) is 11.3 Å². The molecule has 0 aromatic heterocycles. The summed E-state index contributed by atoms with van der Waals surface area (Å²) in [5.41, 5.74) is 1.82. The number of anilines is 1. The van der Waals surface area contributed by atoms with Crippen LogP contribution < -0.4 is 4.90 Å². The van der Waals surface area contributed by atoms with E-state index in [4.69, 9.17) is 0 Å². The van der Waals surface area contributed by atoms with Gasteiger partial charge in [-0.25, -0.2) is 8.42 Å². The Morgan fingerprint density at radius 1 is 1.00 bits per heavy atom. The van der Waals surface area contributed by atoms with Gasteiger partial charge in [0.25, 0.3) is 0 Å². The minimum absolute atomic E-state index is 0.154. The summed E-state index contributed by atoms with van der Waals surface area (Å²) in [6.07, 6.45) is 0. The Balaban J connectivity index is 1.59. The molecular formula is C19H21N2O5S2-. The van der Waals surface area contributed by atoms with Crippen molar-refractivity contribution in [3.8, 4) is 0 Å². The molecule has 7 nitrogen and oxygen atoms in total.